The molecule has 1 saturated heterocycles. The highest BCUT2D eigenvalue weighted by atomic mass is 16.6. The van der Waals surface area contributed by atoms with Crippen LogP contribution in [-0.2, 0) is 22.7 Å². The number of nitrogens with zero attached hydrogens (tertiary/aromatic N) is 1. The van der Waals surface area contributed by atoms with Crippen molar-refractivity contribution < 1.29 is 19.8 Å². The molecular formula is C20H25NO4. The standard InChI is InChI=1S/C20H25NO4/c22-13-18-11-21(23)12-19(24-14-16-7-3-1-4-8-16)20(18)25-15-17-9-5-2-6-10-17/h1-10,18-20,22-23H,11-15H2/t18-,19-,20-/m1/s1. The van der Waals surface area contributed by atoms with E-state index in [1.165, 1.54) is 5.06 Å². The van der Waals surface area contributed by atoms with E-state index in [4.69, 9.17) is 9.47 Å². The number of hydroxylamine groups is 2. The Bertz CT molecular complexity index is 622. The average Bonchev–Trinajstić information content (AvgIpc) is 2.66. The van der Waals surface area contributed by atoms with Crippen LogP contribution in [0.2, 0.25) is 0 Å². The molecule has 0 spiro atoms. The Kier molecular flexibility index (Phi) is 6.55. The summed E-state index contributed by atoms with van der Waals surface area (Å²) in [5.41, 5.74) is 2.15. The third-order valence-corrected chi connectivity index (χ3v) is 4.49. The van der Waals surface area contributed by atoms with Gasteiger partial charge in [0.2, 0.25) is 0 Å². The van der Waals surface area contributed by atoms with E-state index in [-0.39, 0.29) is 24.7 Å². The van der Waals surface area contributed by atoms with Crippen LogP contribution in [0.5, 0.6) is 0 Å². The molecule has 2 N–H and O–H groups in total. The molecule has 3 atom stereocenters. The number of piperidine rings is 1. The maximum atomic E-state index is 9.97. The number of aliphatic hydroxyl groups excluding tert-OH is 1. The molecule has 1 fully saturated rings. The van der Waals surface area contributed by atoms with Gasteiger partial charge in [-0.2, -0.15) is 5.06 Å². The number of hydrogen-bond acceptors (Lipinski definition) is 5. The third kappa shape index (κ3) is 5.11. The molecule has 25 heavy (non-hydrogen) atoms. The van der Waals surface area contributed by atoms with Gasteiger partial charge in [0.25, 0.3) is 0 Å². The monoisotopic (exact) mass is 343 g/mol. The summed E-state index contributed by atoms with van der Waals surface area (Å²) >= 11 is 0. The lowest BCUT2D eigenvalue weighted by molar-refractivity contribution is -0.217. The van der Waals surface area contributed by atoms with Crippen molar-refractivity contribution in [3.8, 4) is 0 Å². The third-order valence-electron chi connectivity index (χ3n) is 4.49. The van der Waals surface area contributed by atoms with Gasteiger partial charge in [-0.05, 0) is 11.1 Å². The zero-order chi connectivity index (χ0) is 17.5. The minimum absolute atomic E-state index is 0.0539. The van der Waals surface area contributed by atoms with E-state index in [0.29, 0.717) is 26.3 Å². The zero-order valence-corrected chi connectivity index (χ0v) is 14.2. The fraction of sp³-hybridized carbons (Fsp3) is 0.400. The van der Waals surface area contributed by atoms with Crippen LogP contribution in [0.25, 0.3) is 0 Å². The number of rotatable bonds is 7. The Labute approximate surface area is 148 Å². The summed E-state index contributed by atoms with van der Waals surface area (Å²) in [5.74, 6) is -0.191. The Morgan fingerprint density at radius 2 is 1.40 bits per heavy atom. The Balaban J connectivity index is 1.65. The lowest BCUT2D eigenvalue weighted by Gasteiger charge is -2.40. The van der Waals surface area contributed by atoms with E-state index >= 15 is 0 Å². The van der Waals surface area contributed by atoms with Gasteiger partial charge in [-0.15, -0.1) is 0 Å². The van der Waals surface area contributed by atoms with Gasteiger partial charge in [0.1, 0.15) is 0 Å². The Hall–Kier alpha value is -1.76. The topological polar surface area (TPSA) is 62.2 Å². The van der Waals surface area contributed by atoms with Gasteiger partial charge in [-0.1, -0.05) is 60.7 Å². The average molecular weight is 343 g/mol. The Morgan fingerprint density at radius 3 is 1.96 bits per heavy atom. The minimum atomic E-state index is -0.306. The van der Waals surface area contributed by atoms with Gasteiger partial charge >= 0.3 is 0 Å². The van der Waals surface area contributed by atoms with E-state index in [2.05, 4.69) is 0 Å². The maximum Gasteiger partial charge on any atom is 0.0995 e. The summed E-state index contributed by atoms with van der Waals surface area (Å²) in [6.45, 7) is 1.59. The second-order valence-corrected chi connectivity index (χ2v) is 6.41. The summed E-state index contributed by atoms with van der Waals surface area (Å²) in [7, 11) is 0. The first-order valence-corrected chi connectivity index (χ1v) is 8.62. The summed E-state index contributed by atoms with van der Waals surface area (Å²) in [6, 6.07) is 19.8. The summed E-state index contributed by atoms with van der Waals surface area (Å²) in [4.78, 5) is 0. The number of hydrogen-bond donors (Lipinski definition) is 2. The molecule has 0 saturated carbocycles. The molecular weight excluding hydrogens is 318 g/mol. The van der Waals surface area contributed by atoms with Crippen molar-refractivity contribution in [3.63, 3.8) is 0 Å². The van der Waals surface area contributed by atoms with Gasteiger partial charge in [-0.3, -0.25) is 0 Å². The van der Waals surface area contributed by atoms with Crippen LogP contribution in [0.1, 0.15) is 11.1 Å². The molecule has 0 bridgehead atoms. The van der Waals surface area contributed by atoms with Gasteiger partial charge in [-0.25, -0.2) is 0 Å². The molecule has 134 valence electrons. The molecule has 0 aliphatic carbocycles. The maximum absolute atomic E-state index is 9.97. The second-order valence-electron chi connectivity index (χ2n) is 6.41. The molecule has 0 aromatic heterocycles. The van der Waals surface area contributed by atoms with E-state index in [0.717, 1.165) is 11.1 Å². The molecule has 0 radical (unpaired) electrons. The first-order chi connectivity index (χ1) is 12.3. The molecule has 5 heteroatoms. The van der Waals surface area contributed by atoms with E-state index < -0.39 is 0 Å². The highest BCUT2D eigenvalue weighted by molar-refractivity contribution is 5.14. The minimum Gasteiger partial charge on any atom is -0.396 e. The van der Waals surface area contributed by atoms with E-state index in [1.807, 2.05) is 60.7 Å². The summed E-state index contributed by atoms with van der Waals surface area (Å²) in [6.07, 6.45) is -0.572. The van der Waals surface area contributed by atoms with Crippen LogP contribution < -0.4 is 0 Å². The van der Waals surface area contributed by atoms with Crippen molar-refractivity contribution in [3.05, 3.63) is 71.8 Å². The van der Waals surface area contributed by atoms with Crippen molar-refractivity contribution >= 4 is 0 Å². The van der Waals surface area contributed by atoms with Crippen LogP contribution >= 0.6 is 0 Å². The van der Waals surface area contributed by atoms with Crippen molar-refractivity contribution in [2.75, 3.05) is 19.7 Å². The van der Waals surface area contributed by atoms with Crippen molar-refractivity contribution in [1.29, 1.82) is 0 Å². The predicted octanol–water partition coefficient (Wildman–Crippen LogP) is 2.47. The summed E-state index contributed by atoms with van der Waals surface area (Å²) in [5, 5.41) is 20.9. The fourth-order valence-corrected chi connectivity index (χ4v) is 3.16. The van der Waals surface area contributed by atoms with Crippen LogP contribution in [0.15, 0.2) is 60.7 Å². The van der Waals surface area contributed by atoms with Crippen LogP contribution in [0, 0.1) is 5.92 Å². The highest BCUT2D eigenvalue weighted by Crippen LogP contribution is 2.24. The molecule has 0 amide bonds. The SMILES string of the molecule is OC[C@H]1CN(O)C[C@@H](OCc2ccccc2)[C@@H]1OCc1ccccc1. The van der Waals surface area contributed by atoms with Crippen molar-refractivity contribution in [1.82, 2.24) is 5.06 Å². The molecule has 5 nitrogen and oxygen atoms in total. The van der Waals surface area contributed by atoms with E-state index in [1.54, 1.807) is 0 Å². The fourth-order valence-electron chi connectivity index (χ4n) is 3.16. The molecule has 3 rings (SSSR count). The lowest BCUT2D eigenvalue weighted by Crippen LogP contribution is -2.54. The van der Waals surface area contributed by atoms with Gasteiger partial charge in [0.05, 0.1) is 32.0 Å². The normalized spacial score (nSPS) is 24.3. The number of aliphatic hydroxyl groups is 1. The second kappa shape index (κ2) is 9.08. The van der Waals surface area contributed by atoms with Crippen molar-refractivity contribution in [2.45, 2.75) is 25.4 Å². The first-order valence-electron chi connectivity index (χ1n) is 8.62. The molecule has 0 unspecified atom stereocenters. The Morgan fingerprint density at radius 1 is 0.840 bits per heavy atom. The highest BCUT2D eigenvalue weighted by Gasteiger charge is 2.38. The quantitative estimate of drug-likeness (QED) is 0.809. The summed E-state index contributed by atoms with van der Waals surface area (Å²) < 4.78 is 12.1. The molecule has 1 heterocycles. The van der Waals surface area contributed by atoms with Crippen LogP contribution in [-0.4, -0.2) is 47.3 Å². The van der Waals surface area contributed by atoms with Gasteiger partial charge < -0.3 is 19.8 Å². The smallest absolute Gasteiger partial charge is 0.0995 e. The molecule has 2 aromatic rings. The zero-order valence-electron chi connectivity index (χ0n) is 14.2. The van der Waals surface area contributed by atoms with Crippen LogP contribution in [0.4, 0.5) is 0 Å². The van der Waals surface area contributed by atoms with Crippen LogP contribution in [0.3, 0.4) is 0 Å². The molecule has 1 aliphatic heterocycles. The van der Waals surface area contributed by atoms with Crippen molar-refractivity contribution in [2.24, 2.45) is 5.92 Å². The largest absolute Gasteiger partial charge is 0.396 e. The molecule has 2 aromatic carbocycles. The van der Waals surface area contributed by atoms with Gasteiger partial charge in [0.15, 0.2) is 0 Å². The lowest BCUT2D eigenvalue weighted by atomic mass is 9.94. The first kappa shape index (κ1) is 18.0. The molecule has 1 aliphatic rings. The number of benzene rings is 2. The number of ether oxygens (including phenoxy) is 2. The van der Waals surface area contributed by atoms with Gasteiger partial charge in [0, 0.05) is 19.1 Å². The predicted molar refractivity (Wildman–Crippen MR) is 94.0 cm³/mol. The van der Waals surface area contributed by atoms with E-state index in [9.17, 15) is 10.3 Å².